The van der Waals surface area contributed by atoms with E-state index in [-0.39, 0.29) is 31.0 Å². The fraction of sp³-hybridized carbons (Fsp3) is 0.462. The van der Waals surface area contributed by atoms with E-state index in [4.69, 9.17) is 27.9 Å². The van der Waals surface area contributed by atoms with Crippen LogP contribution in [-0.2, 0) is 16.1 Å². The molecule has 0 radical (unpaired) electrons. The maximum Gasteiger partial charge on any atom is 0.261 e. The Morgan fingerprint density at radius 2 is 1.76 bits per heavy atom. The highest BCUT2D eigenvalue weighted by molar-refractivity contribution is 6.36. The molecule has 5 nitrogen and oxygen atoms in total. The monoisotopic (exact) mass is 490 g/mol. The Hall–Kier alpha value is -2.24. The summed E-state index contributed by atoms with van der Waals surface area (Å²) in [6.45, 7) is 3.81. The van der Waals surface area contributed by atoms with Crippen LogP contribution in [0.4, 0.5) is 0 Å². The van der Waals surface area contributed by atoms with Gasteiger partial charge in [0.2, 0.25) is 5.91 Å². The second kappa shape index (κ2) is 12.3. The van der Waals surface area contributed by atoms with E-state index < -0.39 is 6.04 Å². The van der Waals surface area contributed by atoms with Gasteiger partial charge in [0.25, 0.3) is 5.91 Å². The molecule has 2 aromatic carbocycles. The van der Waals surface area contributed by atoms with Crippen LogP contribution in [0, 0.1) is 6.92 Å². The molecule has 0 heterocycles. The van der Waals surface area contributed by atoms with Crippen LogP contribution in [0.25, 0.3) is 0 Å². The van der Waals surface area contributed by atoms with Crippen LogP contribution in [0.1, 0.15) is 56.6 Å². The number of hydrogen-bond donors (Lipinski definition) is 1. The summed E-state index contributed by atoms with van der Waals surface area (Å²) < 4.78 is 5.76. The smallest absolute Gasteiger partial charge is 0.261 e. The van der Waals surface area contributed by atoms with E-state index in [1.165, 1.54) is 6.42 Å². The standard InChI is InChI=1S/C26H32Cl2N2O3/c1-3-24(26(32)29-19-10-5-4-6-11-19)30(16-21-22(27)13-8-14-23(21)28)25(31)17-33-20-12-7-9-18(2)15-20/h7-9,12-15,19,24H,3-6,10-11,16-17H2,1-2H3,(H,29,32). The lowest BCUT2D eigenvalue weighted by atomic mass is 9.95. The summed E-state index contributed by atoms with van der Waals surface area (Å²) in [5.41, 5.74) is 1.66. The molecule has 1 N–H and O–H groups in total. The number of halogens is 2. The summed E-state index contributed by atoms with van der Waals surface area (Å²) in [6.07, 6.45) is 5.85. The molecule has 7 heteroatoms. The molecule has 178 valence electrons. The average Bonchev–Trinajstić information content (AvgIpc) is 2.80. The van der Waals surface area contributed by atoms with E-state index in [1.807, 2.05) is 38.1 Å². The number of benzene rings is 2. The van der Waals surface area contributed by atoms with Crippen molar-refractivity contribution in [2.75, 3.05) is 6.61 Å². The molecule has 0 spiro atoms. The van der Waals surface area contributed by atoms with Gasteiger partial charge in [-0.25, -0.2) is 0 Å². The molecule has 1 unspecified atom stereocenters. The Morgan fingerprint density at radius 3 is 2.39 bits per heavy atom. The van der Waals surface area contributed by atoms with Gasteiger partial charge in [-0.05, 0) is 56.0 Å². The number of hydrogen-bond acceptors (Lipinski definition) is 3. The van der Waals surface area contributed by atoms with Crippen LogP contribution in [-0.4, -0.2) is 35.4 Å². The van der Waals surface area contributed by atoms with Crippen LogP contribution < -0.4 is 10.1 Å². The topological polar surface area (TPSA) is 58.6 Å². The van der Waals surface area contributed by atoms with E-state index in [1.54, 1.807) is 23.1 Å². The van der Waals surface area contributed by atoms with E-state index in [2.05, 4.69) is 5.32 Å². The van der Waals surface area contributed by atoms with Gasteiger partial charge in [-0.2, -0.15) is 0 Å². The number of ether oxygens (including phenoxy) is 1. The van der Waals surface area contributed by atoms with Gasteiger partial charge in [-0.1, -0.05) is 67.6 Å². The highest BCUT2D eigenvalue weighted by atomic mass is 35.5. The lowest BCUT2D eigenvalue weighted by Crippen LogP contribution is -2.52. The molecule has 1 atom stereocenters. The molecule has 2 amide bonds. The Kier molecular flexibility index (Phi) is 9.45. The van der Waals surface area contributed by atoms with Gasteiger partial charge in [0.05, 0.1) is 0 Å². The van der Waals surface area contributed by atoms with Crippen molar-refractivity contribution >= 4 is 35.0 Å². The van der Waals surface area contributed by atoms with E-state index in [9.17, 15) is 9.59 Å². The quantitative estimate of drug-likeness (QED) is 0.473. The molecule has 1 aliphatic rings. The number of amides is 2. The summed E-state index contributed by atoms with van der Waals surface area (Å²) in [5, 5.41) is 4.08. The van der Waals surface area contributed by atoms with Crippen LogP contribution in [0.5, 0.6) is 5.75 Å². The highest BCUT2D eigenvalue weighted by Gasteiger charge is 2.31. The third-order valence-corrected chi connectivity index (χ3v) is 6.79. The number of carbonyl (C=O) groups is 2. The molecule has 0 aromatic heterocycles. The van der Waals surface area contributed by atoms with Gasteiger partial charge in [0.1, 0.15) is 11.8 Å². The number of nitrogens with one attached hydrogen (secondary N) is 1. The molecule has 1 fully saturated rings. The van der Waals surface area contributed by atoms with Crippen LogP contribution in [0.15, 0.2) is 42.5 Å². The third-order valence-electron chi connectivity index (χ3n) is 6.08. The predicted molar refractivity (Wildman–Crippen MR) is 133 cm³/mol. The van der Waals surface area contributed by atoms with Crippen molar-refractivity contribution in [1.82, 2.24) is 10.2 Å². The first kappa shape index (κ1) is 25.4. The lowest BCUT2D eigenvalue weighted by Gasteiger charge is -2.33. The zero-order valence-electron chi connectivity index (χ0n) is 19.3. The second-order valence-corrected chi connectivity index (χ2v) is 9.41. The Morgan fingerprint density at radius 1 is 1.09 bits per heavy atom. The third kappa shape index (κ3) is 7.12. The van der Waals surface area contributed by atoms with Crippen LogP contribution >= 0.6 is 23.2 Å². The normalized spacial score (nSPS) is 15.0. The largest absolute Gasteiger partial charge is 0.484 e. The zero-order chi connectivity index (χ0) is 23.8. The van der Waals surface area contributed by atoms with E-state index >= 15 is 0 Å². The summed E-state index contributed by atoms with van der Waals surface area (Å²) in [7, 11) is 0. The molecule has 0 aliphatic heterocycles. The van der Waals surface area contributed by atoms with Crippen LogP contribution in [0.3, 0.4) is 0 Å². The predicted octanol–water partition coefficient (Wildman–Crippen LogP) is 5.94. The molecule has 2 aromatic rings. The molecule has 0 saturated heterocycles. The molecular formula is C26H32Cl2N2O3. The Bertz CT molecular complexity index is 940. The van der Waals surface area contributed by atoms with Crippen molar-refractivity contribution in [2.45, 2.75) is 71.0 Å². The number of aryl methyl sites for hydroxylation is 1. The molecule has 1 aliphatic carbocycles. The second-order valence-electron chi connectivity index (χ2n) is 8.59. The van der Waals surface area contributed by atoms with Gasteiger partial charge >= 0.3 is 0 Å². The van der Waals surface area contributed by atoms with Crippen molar-refractivity contribution < 1.29 is 14.3 Å². The first-order chi connectivity index (χ1) is 15.9. The summed E-state index contributed by atoms with van der Waals surface area (Å²) in [5.74, 6) is 0.174. The Labute approximate surface area is 206 Å². The first-order valence-electron chi connectivity index (χ1n) is 11.6. The van der Waals surface area contributed by atoms with Crippen molar-refractivity contribution in [3.05, 3.63) is 63.6 Å². The number of rotatable bonds is 9. The van der Waals surface area contributed by atoms with E-state index in [0.717, 1.165) is 31.2 Å². The molecule has 3 rings (SSSR count). The maximum atomic E-state index is 13.4. The van der Waals surface area contributed by atoms with Gasteiger partial charge in [-0.3, -0.25) is 9.59 Å². The molecule has 33 heavy (non-hydrogen) atoms. The van der Waals surface area contributed by atoms with Gasteiger partial charge in [-0.15, -0.1) is 0 Å². The maximum absolute atomic E-state index is 13.4. The minimum absolute atomic E-state index is 0.130. The van der Waals surface area contributed by atoms with E-state index in [0.29, 0.717) is 27.8 Å². The fourth-order valence-electron chi connectivity index (χ4n) is 4.25. The van der Waals surface area contributed by atoms with Gasteiger partial charge < -0.3 is 15.0 Å². The van der Waals surface area contributed by atoms with Crippen molar-refractivity contribution in [3.63, 3.8) is 0 Å². The Balaban J connectivity index is 1.80. The number of nitrogens with zero attached hydrogens (tertiary/aromatic N) is 1. The van der Waals surface area contributed by atoms with Crippen molar-refractivity contribution in [3.8, 4) is 5.75 Å². The minimum atomic E-state index is -0.645. The van der Waals surface area contributed by atoms with Crippen molar-refractivity contribution in [1.29, 1.82) is 0 Å². The minimum Gasteiger partial charge on any atom is -0.484 e. The molecule has 0 bridgehead atoms. The van der Waals surface area contributed by atoms with Gasteiger partial charge in [0.15, 0.2) is 6.61 Å². The molecule has 1 saturated carbocycles. The van der Waals surface area contributed by atoms with Crippen LogP contribution in [0.2, 0.25) is 10.0 Å². The summed E-state index contributed by atoms with van der Waals surface area (Å²) in [4.78, 5) is 28.2. The van der Waals surface area contributed by atoms with Gasteiger partial charge in [0, 0.05) is 28.2 Å². The summed E-state index contributed by atoms with van der Waals surface area (Å²) >= 11 is 12.8. The number of carbonyl (C=O) groups excluding carboxylic acids is 2. The SMILES string of the molecule is CCC(C(=O)NC1CCCCC1)N(Cc1c(Cl)cccc1Cl)C(=O)COc1cccc(C)c1. The fourth-order valence-corrected chi connectivity index (χ4v) is 4.77. The molecular weight excluding hydrogens is 459 g/mol. The summed E-state index contributed by atoms with van der Waals surface area (Å²) in [6, 6.07) is 12.3. The first-order valence-corrected chi connectivity index (χ1v) is 12.4. The van der Waals surface area contributed by atoms with Crippen molar-refractivity contribution in [2.24, 2.45) is 0 Å². The lowest BCUT2D eigenvalue weighted by molar-refractivity contribution is -0.143. The zero-order valence-corrected chi connectivity index (χ0v) is 20.8. The highest BCUT2D eigenvalue weighted by Crippen LogP contribution is 2.27. The average molecular weight is 491 g/mol.